The first-order chi connectivity index (χ1) is 9.72. The average Bonchev–Trinajstić information content (AvgIpc) is 2.43. The molecule has 1 fully saturated rings. The van der Waals surface area contributed by atoms with E-state index in [1.165, 1.54) is 6.42 Å². The Morgan fingerprint density at radius 3 is 2.90 bits per heavy atom. The molecule has 0 aliphatic heterocycles. The zero-order valence-electron chi connectivity index (χ0n) is 11.4. The van der Waals surface area contributed by atoms with E-state index in [-0.39, 0.29) is 11.3 Å². The first-order valence-corrected chi connectivity index (χ1v) is 7.05. The Balaban J connectivity index is 1.77. The van der Waals surface area contributed by atoms with Crippen molar-refractivity contribution < 1.29 is 4.79 Å². The molecule has 4 nitrogen and oxygen atoms in total. The largest absolute Gasteiger partial charge is 0.330 e. The summed E-state index contributed by atoms with van der Waals surface area (Å²) in [7, 11) is 0. The van der Waals surface area contributed by atoms with Crippen molar-refractivity contribution in [3.8, 4) is 0 Å². The molecule has 1 saturated carbocycles. The number of rotatable bonds is 4. The molecule has 1 amide bonds. The second kappa shape index (κ2) is 5.21. The summed E-state index contributed by atoms with van der Waals surface area (Å²) >= 11 is 0. The van der Waals surface area contributed by atoms with Gasteiger partial charge in [-0.3, -0.25) is 9.78 Å². The summed E-state index contributed by atoms with van der Waals surface area (Å²) in [5.41, 5.74) is 6.67. The van der Waals surface area contributed by atoms with E-state index in [4.69, 9.17) is 5.73 Å². The fraction of sp³-hybridized carbons (Fsp3) is 0.375. The van der Waals surface area contributed by atoms with Gasteiger partial charge in [0.2, 0.25) is 5.91 Å². The van der Waals surface area contributed by atoms with Crippen molar-refractivity contribution >= 4 is 22.4 Å². The Morgan fingerprint density at radius 2 is 2.20 bits per heavy atom. The number of pyridine rings is 1. The smallest absolute Gasteiger partial charge is 0.224 e. The summed E-state index contributed by atoms with van der Waals surface area (Å²) in [4.78, 5) is 16.4. The lowest BCUT2D eigenvalue weighted by molar-refractivity contribution is -0.119. The Kier molecular flexibility index (Phi) is 3.40. The van der Waals surface area contributed by atoms with E-state index >= 15 is 0 Å². The van der Waals surface area contributed by atoms with E-state index in [9.17, 15) is 4.79 Å². The zero-order chi connectivity index (χ0) is 14.0. The number of hydrogen-bond acceptors (Lipinski definition) is 3. The molecule has 1 aromatic carbocycles. The molecule has 1 aliphatic rings. The van der Waals surface area contributed by atoms with E-state index < -0.39 is 0 Å². The Labute approximate surface area is 118 Å². The Hall–Kier alpha value is -1.94. The van der Waals surface area contributed by atoms with Crippen molar-refractivity contribution in [2.45, 2.75) is 25.7 Å². The van der Waals surface area contributed by atoms with Gasteiger partial charge < -0.3 is 11.1 Å². The van der Waals surface area contributed by atoms with Gasteiger partial charge in [-0.2, -0.15) is 0 Å². The molecule has 0 spiro atoms. The summed E-state index contributed by atoms with van der Waals surface area (Å²) in [6.45, 7) is 0.595. The van der Waals surface area contributed by atoms with E-state index in [0.717, 1.165) is 29.3 Å². The Bertz CT molecular complexity index is 624. The molecule has 1 aliphatic carbocycles. The molecular formula is C16H19N3O. The molecule has 0 radical (unpaired) electrons. The quantitative estimate of drug-likeness (QED) is 0.896. The van der Waals surface area contributed by atoms with E-state index in [1.807, 2.05) is 24.3 Å². The Morgan fingerprint density at radius 1 is 1.35 bits per heavy atom. The van der Waals surface area contributed by atoms with Gasteiger partial charge in [0.15, 0.2) is 0 Å². The molecule has 20 heavy (non-hydrogen) atoms. The minimum absolute atomic E-state index is 0.0346. The molecule has 0 saturated heterocycles. The van der Waals surface area contributed by atoms with Gasteiger partial charge >= 0.3 is 0 Å². The van der Waals surface area contributed by atoms with Crippen LogP contribution in [-0.2, 0) is 4.79 Å². The number of nitrogens with zero attached hydrogens (tertiary/aromatic N) is 1. The minimum atomic E-state index is 0.0346. The van der Waals surface area contributed by atoms with Crippen LogP contribution in [0.25, 0.3) is 10.8 Å². The molecule has 0 bridgehead atoms. The average molecular weight is 269 g/mol. The fourth-order valence-corrected chi connectivity index (χ4v) is 2.89. The number of carbonyl (C=O) groups is 1. The predicted octanol–water partition coefficient (Wildman–Crippen LogP) is 2.69. The molecule has 0 unspecified atom stereocenters. The molecule has 1 aromatic heterocycles. The maximum atomic E-state index is 12.2. The van der Waals surface area contributed by atoms with Crippen LogP contribution in [0.1, 0.15) is 25.7 Å². The number of nitrogens with two attached hydrogens (primary N) is 1. The number of fused-ring (bicyclic) bond motifs is 1. The van der Waals surface area contributed by atoms with Gasteiger partial charge in [0.1, 0.15) is 0 Å². The number of amides is 1. The number of aromatic nitrogens is 1. The lowest BCUT2D eigenvalue weighted by atomic mass is 9.66. The van der Waals surface area contributed by atoms with Crippen LogP contribution in [0.2, 0.25) is 0 Å². The summed E-state index contributed by atoms with van der Waals surface area (Å²) in [6.07, 6.45) is 7.36. The van der Waals surface area contributed by atoms with E-state index in [2.05, 4.69) is 10.3 Å². The maximum Gasteiger partial charge on any atom is 0.224 e. The van der Waals surface area contributed by atoms with Crippen LogP contribution in [0, 0.1) is 5.41 Å². The molecule has 1 heterocycles. The highest BCUT2D eigenvalue weighted by atomic mass is 16.1. The number of hydrogen-bond donors (Lipinski definition) is 2. The molecule has 0 atom stereocenters. The van der Waals surface area contributed by atoms with Crippen molar-refractivity contribution in [3.05, 3.63) is 36.7 Å². The second-order valence-corrected chi connectivity index (χ2v) is 5.69. The number of nitrogens with one attached hydrogen (secondary N) is 1. The summed E-state index contributed by atoms with van der Waals surface area (Å²) in [6, 6.07) is 7.82. The lowest BCUT2D eigenvalue weighted by Crippen LogP contribution is -2.40. The maximum absolute atomic E-state index is 12.2. The predicted molar refractivity (Wildman–Crippen MR) is 80.3 cm³/mol. The van der Waals surface area contributed by atoms with E-state index in [1.54, 1.807) is 12.4 Å². The third-order valence-electron chi connectivity index (χ3n) is 4.34. The van der Waals surface area contributed by atoms with Crippen molar-refractivity contribution in [3.63, 3.8) is 0 Å². The standard InChI is InChI=1S/C16H19N3O/c17-11-16(6-2-7-16)9-15(20)19-14-4-1-3-12-5-8-18-10-13(12)14/h1,3-5,8,10H,2,6-7,9,11,17H2,(H,19,20). The zero-order valence-corrected chi connectivity index (χ0v) is 11.4. The third kappa shape index (κ3) is 2.39. The third-order valence-corrected chi connectivity index (χ3v) is 4.34. The molecule has 104 valence electrons. The van der Waals surface area contributed by atoms with Gasteiger partial charge in [0.05, 0.1) is 5.69 Å². The molecule has 2 aromatic rings. The van der Waals surface area contributed by atoms with Crippen molar-refractivity contribution in [2.24, 2.45) is 11.1 Å². The van der Waals surface area contributed by atoms with Gasteiger partial charge in [-0.05, 0) is 42.3 Å². The van der Waals surface area contributed by atoms with Gasteiger partial charge in [-0.1, -0.05) is 18.6 Å². The van der Waals surface area contributed by atoms with Gasteiger partial charge in [0, 0.05) is 24.2 Å². The molecule has 4 heteroatoms. The first kappa shape index (κ1) is 13.1. The van der Waals surface area contributed by atoms with Crippen molar-refractivity contribution in [2.75, 3.05) is 11.9 Å². The van der Waals surface area contributed by atoms with Crippen molar-refractivity contribution in [1.82, 2.24) is 4.98 Å². The van der Waals surface area contributed by atoms with Crippen LogP contribution in [0.5, 0.6) is 0 Å². The molecule has 3 rings (SSSR count). The monoisotopic (exact) mass is 269 g/mol. The highest BCUT2D eigenvalue weighted by Gasteiger charge is 2.37. The van der Waals surface area contributed by atoms with Crippen LogP contribution in [0.3, 0.4) is 0 Å². The summed E-state index contributed by atoms with van der Waals surface area (Å²) in [5, 5.41) is 5.06. The number of carbonyl (C=O) groups excluding carboxylic acids is 1. The van der Waals surface area contributed by atoms with Crippen LogP contribution in [0.15, 0.2) is 36.7 Å². The van der Waals surface area contributed by atoms with Gasteiger partial charge in [-0.25, -0.2) is 0 Å². The SMILES string of the molecule is NCC1(CC(=O)Nc2cccc3ccncc23)CCC1. The lowest BCUT2D eigenvalue weighted by Gasteiger charge is -2.40. The van der Waals surface area contributed by atoms with E-state index in [0.29, 0.717) is 13.0 Å². The summed E-state index contributed by atoms with van der Waals surface area (Å²) < 4.78 is 0. The van der Waals surface area contributed by atoms with Gasteiger partial charge in [-0.15, -0.1) is 0 Å². The molecule has 3 N–H and O–H groups in total. The van der Waals surface area contributed by atoms with Gasteiger partial charge in [0.25, 0.3) is 0 Å². The molecular weight excluding hydrogens is 250 g/mol. The van der Waals surface area contributed by atoms with Crippen molar-refractivity contribution in [1.29, 1.82) is 0 Å². The first-order valence-electron chi connectivity index (χ1n) is 7.05. The topological polar surface area (TPSA) is 68.0 Å². The second-order valence-electron chi connectivity index (χ2n) is 5.69. The number of benzene rings is 1. The normalized spacial score (nSPS) is 16.6. The summed E-state index contributed by atoms with van der Waals surface area (Å²) in [5.74, 6) is 0.0477. The van der Waals surface area contributed by atoms with Crippen LogP contribution in [0.4, 0.5) is 5.69 Å². The highest BCUT2D eigenvalue weighted by Crippen LogP contribution is 2.43. The van der Waals surface area contributed by atoms with Crippen LogP contribution >= 0.6 is 0 Å². The van der Waals surface area contributed by atoms with Crippen LogP contribution in [-0.4, -0.2) is 17.4 Å². The number of anilines is 1. The fourth-order valence-electron chi connectivity index (χ4n) is 2.89. The highest BCUT2D eigenvalue weighted by molar-refractivity contribution is 6.01. The van der Waals surface area contributed by atoms with Crippen LogP contribution < -0.4 is 11.1 Å². The minimum Gasteiger partial charge on any atom is -0.330 e.